The molecule has 2 rings (SSSR count). The van der Waals surface area contributed by atoms with E-state index in [1.54, 1.807) is 36.4 Å². The van der Waals surface area contributed by atoms with E-state index in [1.165, 1.54) is 7.11 Å². The van der Waals surface area contributed by atoms with Crippen LogP contribution in [0.1, 0.15) is 21.5 Å². The highest BCUT2D eigenvalue weighted by molar-refractivity contribution is 5.97. The largest absolute Gasteiger partial charge is 0.482 e. The summed E-state index contributed by atoms with van der Waals surface area (Å²) in [5.41, 5.74) is 2.21. The van der Waals surface area contributed by atoms with Gasteiger partial charge in [0.25, 0.3) is 0 Å². The van der Waals surface area contributed by atoms with Gasteiger partial charge in [0.15, 0.2) is 12.4 Å². The Hall–Kier alpha value is -3.17. The zero-order valence-electron chi connectivity index (χ0n) is 14.5. The summed E-state index contributed by atoms with van der Waals surface area (Å²) >= 11 is 0. The summed E-state index contributed by atoms with van der Waals surface area (Å²) in [6.07, 6.45) is 0.762. The van der Waals surface area contributed by atoms with E-state index in [1.807, 2.05) is 18.2 Å². The molecule has 0 aliphatic rings. The highest BCUT2D eigenvalue weighted by Gasteiger charge is 2.05. The number of rotatable bonds is 9. The van der Waals surface area contributed by atoms with Crippen LogP contribution >= 0.6 is 0 Å². The number of hydrogen-bond acceptors (Lipinski definition) is 6. The van der Waals surface area contributed by atoms with Crippen molar-refractivity contribution in [1.29, 1.82) is 5.26 Å². The molecule has 0 aliphatic carbocycles. The monoisotopic (exact) mass is 352 g/mol. The number of carbonyl (C=O) groups excluding carboxylic acids is 2. The molecule has 0 amide bonds. The molecule has 6 nitrogen and oxygen atoms in total. The van der Waals surface area contributed by atoms with E-state index < -0.39 is 5.97 Å². The van der Waals surface area contributed by atoms with Gasteiger partial charge in [0.2, 0.25) is 0 Å². The number of benzene rings is 2. The van der Waals surface area contributed by atoms with Crippen molar-refractivity contribution >= 4 is 11.8 Å². The van der Waals surface area contributed by atoms with Gasteiger partial charge in [-0.05, 0) is 42.8 Å². The minimum absolute atomic E-state index is 0.0129. The number of nitriles is 1. The van der Waals surface area contributed by atoms with Gasteiger partial charge in [-0.15, -0.1) is 0 Å². The fourth-order valence-corrected chi connectivity index (χ4v) is 2.22. The Balaban J connectivity index is 1.71. The summed E-state index contributed by atoms with van der Waals surface area (Å²) < 4.78 is 9.79. The van der Waals surface area contributed by atoms with Gasteiger partial charge in [-0.2, -0.15) is 5.26 Å². The summed E-state index contributed by atoms with van der Waals surface area (Å²) in [6, 6.07) is 16.0. The standard InChI is InChI=1S/C20H20N2O4/c1-25-20(24)14-26-18-8-4-15(5-9-18)10-11-22-13-19(23)17-6-2-16(12-21)3-7-17/h2-9,22H,10-11,13-14H2,1H3. The molecule has 0 saturated carbocycles. The van der Waals surface area contributed by atoms with Crippen molar-refractivity contribution in [2.75, 3.05) is 26.8 Å². The molecule has 1 N–H and O–H groups in total. The highest BCUT2D eigenvalue weighted by atomic mass is 16.6. The van der Waals surface area contributed by atoms with Crippen LogP contribution in [0.4, 0.5) is 0 Å². The van der Waals surface area contributed by atoms with Gasteiger partial charge in [0.1, 0.15) is 5.75 Å². The predicted molar refractivity (Wildman–Crippen MR) is 96.0 cm³/mol. The van der Waals surface area contributed by atoms with Crippen LogP contribution in [0.25, 0.3) is 0 Å². The molecule has 0 spiro atoms. The Morgan fingerprint density at radius 1 is 1.08 bits per heavy atom. The Bertz CT molecular complexity index is 777. The molecule has 2 aromatic carbocycles. The molecule has 0 bridgehead atoms. The lowest BCUT2D eigenvalue weighted by Crippen LogP contribution is -2.25. The molecule has 0 fully saturated rings. The third-order valence-corrected chi connectivity index (χ3v) is 3.72. The molecular weight excluding hydrogens is 332 g/mol. The number of Topliss-reactive ketones (excluding diaryl/α,β-unsaturated/α-hetero) is 1. The normalized spacial score (nSPS) is 10.0. The van der Waals surface area contributed by atoms with Gasteiger partial charge in [-0.3, -0.25) is 4.79 Å². The van der Waals surface area contributed by atoms with Crippen LogP contribution in [-0.4, -0.2) is 38.6 Å². The smallest absolute Gasteiger partial charge is 0.343 e. The van der Waals surface area contributed by atoms with Crippen LogP contribution < -0.4 is 10.1 Å². The topological polar surface area (TPSA) is 88.4 Å². The fourth-order valence-electron chi connectivity index (χ4n) is 2.22. The minimum atomic E-state index is -0.426. The van der Waals surface area contributed by atoms with Gasteiger partial charge < -0.3 is 14.8 Å². The number of carbonyl (C=O) groups is 2. The SMILES string of the molecule is COC(=O)COc1ccc(CCNCC(=O)c2ccc(C#N)cc2)cc1. The fraction of sp³-hybridized carbons (Fsp3) is 0.250. The molecule has 6 heteroatoms. The predicted octanol–water partition coefficient (Wildman–Crippen LogP) is 2.13. The Morgan fingerprint density at radius 2 is 1.77 bits per heavy atom. The van der Waals surface area contributed by atoms with Crippen LogP contribution in [-0.2, 0) is 16.0 Å². The van der Waals surface area contributed by atoms with Gasteiger partial charge in [-0.25, -0.2) is 4.79 Å². The van der Waals surface area contributed by atoms with Gasteiger partial charge in [0.05, 0.1) is 25.3 Å². The molecule has 26 heavy (non-hydrogen) atoms. The molecule has 0 aromatic heterocycles. The number of methoxy groups -OCH3 is 1. The van der Waals surface area contributed by atoms with E-state index in [2.05, 4.69) is 10.1 Å². The number of nitrogens with zero attached hydrogens (tertiary/aromatic N) is 1. The first-order valence-electron chi connectivity index (χ1n) is 8.15. The zero-order valence-corrected chi connectivity index (χ0v) is 14.5. The van der Waals surface area contributed by atoms with Gasteiger partial charge >= 0.3 is 5.97 Å². The number of nitrogens with one attached hydrogen (secondary N) is 1. The van der Waals surface area contributed by atoms with Crippen molar-refractivity contribution in [2.24, 2.45) is 0 Å². The molecule has 0 aliphatic heterocycles. The average Bonchev–Trinajstić information content (AvgIpc) is 2.70. The Kier molecular flexibility index (Phi) is 7.34. The first kappa shape index (κ1) is 19.2. The van der Waals surface area contributed by atoms with E-state index in [-0.39, 0.29) is 18.9 Å². The lowest BCUT2D eigenvalue weighted by atomic mass is 10.1. The molecule has 0 unspecified atom stereocenters. The second-order valence-corrected chi connectivity index (χ2v) is 5.55. The number of ether oxygens (including phenoxy) is 2. The second kappa shape index (κ2) is 9.97. The Morgan fingerprint density at radius 3 is 2.38 bits per heavy atom. The van der Waals surface area contributed by atoms with Crippen molar-refractivity contribution < 1.29 is 19.1 Å². The maximum atomic E-state index is 12.1. The second-order valence-electron chi connectivity index (χ2n) is 5.55. The highest BCUT2D eigenvalue weighted by Crippen LogP contribution is 2.12. The lowest BCUT2D eigenvalue weighted by Gasteiger charge is -2.07. The zero-order chi connectivity index (χ0) is 18.8. The van der Waals surface area contributed by atoms with Crippen LogP contribution in [0.15, 0.2) is 48.5 Å². The molecule has 134 valence electrons. The summed E-state index contributed by atoms with van der Waals surface area (Å²) in [7, 11) is 1.31. The molecular formula is C20H20N2O4. The maximum absolute atomic E-state index is 12.1. The minimum Gasteiger partial charge on any atom is -0.482 e. The number of hydrogen-bond donors (Lipinski definition) is 1. The average molecular weight is 352 g/mol. The molecule has 0 saturated heterocycles. The van der Waals surface area contributed by atoms with E-state index >= 15 is 0 Å². The van der Waals surface area contributed by atoms with Crippen molar-refractivity contribution in [2.45, 2.75) is 6.42 Å². The molecule has 0 heterocycles. The van der Waals surface area contributed by atoms with Crippen LogP contribution in [0.5, 0.6) is 5.75 Å². The summed E-state index contributed by atoms with van der Waals surface area (Å²) in [5.74, 6) is 0.161. The summed E-state index contributed by atoms with van der Waals surface area (Å²) in [5, 5.41) is 11.9. The summed E-state index contributed by atoms with van der Waals surface area (Å²) in [6.45, 7) is 0.783. The van der Waals surface area contributed by atoms with E-state index in [4.69, 9.17) is 10.00 Å². The van der Waals surface area contributed by atoms with Gasteiger partial charge in [0, 0.05) is 5.56 Å². The first-order chi connectivity index (χ1) is 12.6. The van der Waals surface area contributed by atoms with Crippen molar-refractivity contribution in [3.8, 4) is 11.8 Å². The maximum Gasteiger partial charge on any atom is 0.343 e. The molecule has 2 aromatic rings. The van der Waals surface area contributed by atoms with Crippen LogP contribution in [0, 0.1) is 11.3 Å². The van der Waals surface area contributed by atoms with Gasteiger partial charge in [-0.1, -0.05) is 24.3 Å². The summed E-state index contributed by atoms with van der Waals surface area (Å²) in [4.78, 5) is 23.1. The number of ketones is 1. The third-order valence-electron chi connectivity index (χ3n) is 3.72. The van der Waals surface area contributed by atoms with Crippen molar-refractivity contribution in [1.82, 2.24) is 5.32 Å². The Labute approximate surface area is 152 Å². The van der Waals surface area contributed by atoms with Crippen molar-refractivity contribution in [3.05, 3.63) is 65.2 Å². The third kappa shape index (κ3) is 6.04. The van der Waals surface area contributed by atoms with E-state index in [0.29, 0.717) is 23.4 Å². The molecule has 0 radical (unpaired) electrons. The van der Waals surface area contributed by atoms with E-state index in [0.717, 1.165) is 12.0 Å². The quantitative estimate of drug-likeness (QED) is 0.422. The lowest BCUT2D eigenvalue weighted by molar-refractivity contribution is -0.142. The van der Waals surface area contributed by atoms with Crippen LogP contribution in [0.2, 0.25) is 0 Å². The van der Waals surface area contributed by atoms with Crippen molar-refractivity contribution in [3.63, 3.8) is 0 Å². The first-order valence-corrected chi connectivity index (χ1v) is 8.15. The van der Waals surface area contributed by atoms with Crippen LogP contribution in [0.3, 0.4) is 0 Å². The van der Waals surface area contributed by atoms with E-state index in [9.17, 15) is 9.59 Å². The molecule has 0 atom stereocenters. The number of esters is 1.